The minimum Gasteiger partial charge on any atom is -0.545 e. The first-order valence-electron chi connectivity index (χ1n) is 5.19. The summed E-state index contributed by atoms with van der Waals surface area (Å²) in [6, 6.07) is 9.92. The molecule has 0 fully saturated rings. The molecule has 17 heavy (non-hydrogen) atoms. The zero-order valence-corrected chi connectivity index (χ0v) is 9.11. The molecule has 0 saturated heterocycles. The molecule has 0 aliphatic carbocycles. The summed E-state index contributed by atoms with van der Waals surface area (Å²) >= 11 is 0. The van der Waals surface area contributed by atoms with Crippen LogP contribution in [-0.4, -0.2) is 15.7 Å². The molecule has 86 valence electrons. The van der Waals surface area contributed by atoms with Gasteiger partial charge in [0.05, 0.1) is 18.7 Å². The van der Waals surface area contributed by atoms with E-state index in [4.69, 9.17) is 0 Å². The van der Waals surface area contributed by atoms with Crippen molar-refractivity contribution in [1.29, 1.82) is 0 Å². The SMILES string of the molecule is O=C([O-])/C=C/c1cnn(Cc2ccccc2)c1. The predicted molar refractivity (Wildman–Crippen MR) is 61.8 cm³/mol. The van der Waals surface area contributed by atoms with Gasteiger partial charge in [-0.05, 0) is 11.6 Å². The second-order valence-corrected chi connectivity index (χ2v) is 3.61. The van der Waals surface area contributed by atoms with E-state index in [9.17, 15) is 9.90 Å². The van der Waals surface area contributed by atoms with E-state index in [1.54, 1.807) is 17.1 Å². The number of aromatic nitrogens is 2. The van der Waals surface area contributed by atoms with Crippen LogP contribution < -0.4 is 5.11 Å². The number of hydrogen-bond donors (Lipinski definition) is 0. The zero-order valence-electron chi connectivity index (χ0n) is 9.11. The van der Waals surface area contributed by atoms with E-state index in [0.29, 0.717) is 6.54 Å². The third-order valence-electron chi connectivity index (χ3n) is 2.25. The summed E-state index contributed by atoms with van der Waals surface area (Å²) in [5.41, 5.74) is 1.89. The third kappa shape index (κ3) is 3.31. The Bertz CT molecular complexity index is 529. The molecule has 0 amide bonds. The molecule has 4 nitrogen and oxygen atoms in total. The number of carboxylic acids is 1. The van der Waals surface area contributed by atoms with Crippen LogP contribution in [0.4, 0.5) is 0 Å². The number of carbonyl (C=O) groups excluding carboxylic acids is 1. The Morgan fingerprint density at radius 3 is 2.82 bits per heavy atom. The van der Waals surface area contributed by atoms with Gasteiger partial charge in [0.1, 0.15) is 0 Å². The molecule has 0 radical (unpaired) electrons. The zero-order chi connectivity index (χ0) is 12.1. The number of nitrogens with zero attached hydrogens (tertiary/aromatic N) is 2. The van der Waals surface area contributed by atoms with Crippen molar-refractivity contribution in [3.63, 3.8) is 0 Å². The molecule has 2 aromatic rings. The van der Waals surface area contributed by atoms with Crippen LogP contribution >= 0.6 is 0 Å². The highest BCUT2D eigenvalue weighted by Gasteiger charge is 1.96. The van der Waals surface area contributed by atoms with Gasteiger partial charge < -0.3 is 9.90 Å². The predicted octanol–water partition coefficient (Wildman–Crippen LogP) is 0.694. The Kier molecular flexibility index (Phi) is 3.35. The molecule has 0 unspecified atom stereocenters. The standard InChI is InChI=1S/C13H12N2O2/c16-13(17)7-6-12-8-14-15(10-12)9-11-4-2-1-3-5-11/h1-8,10H,9H2,(H,16,17)/p-1/b7-6+. The van der Waals surface area contributed by atoms with E-state index in [1.807, 2.05) is 30.3 Å². The van der Waals surface area contributed by atoms with Gasteiger partial charge in [-0.3, -0.25) is 4.68 Å². The van der Waals surface area contributed by atoms with Crippen molar-refractivity contribution >= 4 is 12.0 Å². The lowest BCUT2D eigenvalue weighted by Gasteiger charge is -2.00. The highest BCUT2D eigenvalue weighted by atomic mass is 16.4. The second-order valence-electron chi connectivity index (χ2n) is 3.61. The molecule has 4 heteroatoms. The minimum atomic E-state index is -1.21. The number of carbonyl (C=O) groups is 1. The first-order valence-corrected chi connectivity index (χ1v) is 5.19. The summed E-state index contributed by atoms with van der Waals surface area (Å²) in [4.78, 5) is 10.2. The number of carboxylic acid groups (broad SMARTS) is 1. The van der Waals surface area contributed by atoms with Crippen LogP contribution in [0.25, 0.3) is 6.08 Å². The van der Waals surface area contributed by atoms with Crippen LogP contribution in [0.3, 0.4) is 0 Å². The van der Waals surface area contributed by atoms with Crippen molar-refractivity contribution in [2.45, 2.75) is 6.54 Å². The van der Waals surface area contributed by atoms with E-state index >= 15 is 0 Å². The Balaban J connectivity index is 2.06. The Hall–Kier alpha value is -2.36. The highest BCUT2D eigenvalue weighted by Crippen LogP contribution is 2.05. The molecule has 0 aliphatic heterocycles. The van der Waals surface area contributed by atoms with Crippen molar-refractivity contribution < 1.29 is 9.90 Å². The Morgan fingerprint density at radius 2 is 2.12 bits per heavy atom. The van der Waals surface area contributed by atoms with Gasteiger partial charge in [-0.25, -0.2) is 0 Å². The minimum absolute atomic E-state index is 0.667. The van der Waals surface area contributed by atoms with Crippen molar-refractivity contribution in [3.8, 4) is 0 Å². The van der Waals surface area contributed by atoms with E-state index in [2.05, 4.69) is 5.10 Å². The van der Waals surface area contributed by atoms with Crippen molar-refractivity contribution in [2.24, 2.45) is 0 Å². The molecular weight excluding hydrogens is 216 g/mol. The lowest BCUT2D eigenvalue weighted by molar-refractivity contribution is -0.297. The fraction of sp³-hybridized carbons (Fsp3) is 0.0769. The molecule has 1 aromatic heterocycles. The van der Waals surface area contributed by atoms with Gasteiger partial charge in [-0.15, -0.1) is 0 Å². The molecule has 1 aromatic carbocycles. The first-order chi connectivity index (χ1) is 8.24. The average molecular weight is 227 g/mol. The van der Waals surface area contributed by atoms with Gasteiger partial charge in [0.15, 0.2) is 0 Å². The van der Waals surface area contributed by atoms with Crippen LogP contribution in [0.15, 0.2) is 48.8 Å². The molecule has 0 N–H and O–H groups in total. The van der Waals surface area contributed by atoms with Gasteiger partial charge in [-0.2, -0.15) is 5.10 Å². The maximum absolute atomic E-state index is 10.2. The lowest BCUT2D eigenvalue weighted by atomic mass is 10.2. The van der Waals surface area contributed by atoms with Crippen molar-refractivity contribution in [2.75, 3.05) is 0 Å². The van der Waals surface area contributed by atoms with Crippen molar-refractivity contribution in [1.82, 2.24) is 9.78 Å². The molecule has 0 saturated carbocycles. The van der Waals surface area contributed by atoms with Crippen LogP contribution in [0.1, 0.15) is 11.1 Å². The van der Waals surface area contributed by atoms with Crippen LogP contribution in [0.2, 0.25) is 0 Å². The van der Waals surface area contributed by atoms with Gasteiger partial charge in [-0.1, -0.05) is 36.4 Å². The van der Waals surface area contributed by atoms with E-state index in [1.165, 1.54) is 6.08 Å². The highest BCUT2D eigenvalue weighted by molar-refractivity contribution is 5.83. The second kappa shape index (κ2) is 5.12. The lowest BCUT2D eigenvalue weighted by Crippen LogP contribution is -2.18. The van der Waals surface area contributed by atoms with Gasteiger partial charge in [0, 0.05) is 11.8 Å². The normalized spacial score (nSPS) is 10.8. The quantitative estimate of drug-likeness (QED) is 0.722. The smallest absolute Gasteiger partial charge is 0.0659 e. The molecule has 1 heterocycles. The third-order valence-corrected chi connectivity index (χ3v) is 2.25. The Morgan fingerprint density at radius 1 is 1.35 bits per heavy atom. The van der Waals surface area contributed by atoms with Gasteiger partial charge >= 0.3 is 0 Å². The number of aliphatic carboxylic acids is 1. The average Bonchev–Trinajstić information content (AvgIpc) is 2.75. The number of benzene rings is 1. The van der Waals surface area contributed by atoms with Gasteiger partial charge in [0.25, 0.3) is 0 Å². The van der Waals surface area contributed by atoms with E-state index < -0.39 is 5.97 Å². The maximum atomic E-state index is 10.2. The topological polar surface area (TPSA) is 57.9 Å². The fourth-order valence-electron chi connectivity index (χ4n) is 1.49. The van der Waals surface area contributed by atoms with Gasteiger partial charge in [0.2, 0.25) is 0 Å². The summed E-state index contributed by atoms with van der Waals surface area (Å²) in [7, 11) is 0. The number of hydrogen-bond acceptors (Lipinski definition) is 3. The van der Waals surface area contributed by atoms with Crippen LogP contribution in [0.5, 0.6) is 0 Å². The molecule has 0 spiro atoms. The Labute approximate surface area is 98.8 Å². The van der Waals surface area contributed by atoms with Crippen LogP contribution in [0, 0.1) is 0 Å². The summed E-state index contributed by atoms with van der Waals surface area (Å²) < 4.78 is 1.75. The monoisotopic (exact) mass is 227 g/mol. The molecule has 2 rings (SSSR count). The molecular formula is C13H11N2O2-. The molecule has 0 bridgehead atoms. The molecule has 0 atom stereocenters. The van der Waals surface area contributed by atoms with Crippen LogP contribution in [-0.2, 0) is 11.3 Å². The van der Waals surface area contributed by atoms with E-state index in [-0.39, 0.29) is 0 Å². The summed E-state index contributed by atoms with van der Waals surface area (Å²) in [5, 5.41) is 14.4. The largest absolute Gasteiger partial charge is 0.545 e. The first kappa shape index (κ1) is 11.1. The summed E-state index contributed by atoms with van der Waals surface area (Å²) in [5.74, 6) is -1.21. The summed E-state index contributed by atoms with van der Waals surface area (Å²) in [6.45, 7) is 0.667. The maximum Gasteiger partial charge on any atom is 0.0659 e. The molecule has 0 aliphatic rings. The number of rotatable bonds is 4. The van der Waals surface area contributed by atoms with E-state index in [0.717, 1.165) is 17.2 Å². The summed E-state index contributed by atoms with van der Waals surface area (Å²) in [6.07, 6.45) is 5.85. The fourth-order valence-corrected chi connectivity index (χ4v) is 1.49. The van der Waals surface area contributed by atoms with Crippen molar-refractivity contribution in [3.05, 3.63) is 59.9 Å².